The standard InChI is InChI=1S/C17H21Cl2NO/c1-17(2,3)12-8-7-11(10-20)15(9-12)21-14-6-4-5-13(18)16(14)19/h4-6,11-12,15H,7-9H2,1-3H3. The zero-order valence-electron chi connectivity index (χ0n) is 12.7. The van der Waals surface area contributed by atoms with Crippen molar-refractivity contribution in [2.75, 3.05) is 0 Å². The molecule has 0 heterocycles. The molecule has 2 nitrogen and oxygen atoms in total. The predicted octanol–water partition coefficient (Wildman–Crippen LogP) is 5.73. The van der Waals surface area contributed by atoms with E-state index in [9.17, 15) is 5.26 Å². The molecule has 21 heavy (non-hydrogen) atoms. The molecule has 1 saturated carbocycles. The fourth-order valence-electron chi connectivity index (χ4n) is 2.93. The summed E-state index contributed by atoms with van der Waals surface area (Å²) in [5, 5.41) is 10.3. The van der Waals surface area contributed by atoms with Crippen molar-refractivity contribution in [1.82, 2.24) is 0 Å². The van der Waals surface area contributed by atoms with E-state index in [1.807, 2.05) is 12.1 Å². The summed E-state index contributed by atoms with van der Waals surface area (Å²) in [7, 11) is 0. The highest BCUT2D eigenvalue weighted by Gasteiger charge is 2.37. The van der Waals surface area contributed by atoms with Gasteiger partial charge in [0.05, 0.1) is 17.0 Å². The molecule has 0 saturated heterocycles. The normalized spacial score (nSPS) is 26.2. The van der Waals surface area contributed by atoms with Gasteiger partial charge in [-0.3, -0.25) is 0 Å². The molecule has 0 amide bonds. The van der Waals surface area contributed by atoms with Crippen LogP contribution in [0.2, 0.25) is 10.0 Å². The van der Waals surface area contributed by atoms with E-state index < -0.39 is 0 Å². The van der Waals surface area contributed by atoms with Crippen molar-refractivity contribution in [3.63, 3.8) is 0 Å². The molecule has 3 atom stereocenters. The van der Waals surface area contributed by atoms with Gasteiger partial charge in [0.2, 0.25) is 0 Å². The first-order valence-electron chi connectivity index (χ1n) is 7.33. The van der Waals surface area contributed by atoms with Gasteiger partial charge in [0.25, 0.3) is 0 Å². The van der Waals surface area contributed by atoms with Gasteiger partial charge in [-0.05, 0) is 42.7 Å². The second-order valence-corrected chi connectivity index (χ2v) is 7.61. The number of hydrogen-bond acceptors (Lipinski definition) is 2. The molecule has 4 heteroatoms. The number of hydrogen-bond donors (Lipinski definition) is 0. The highest BCUT2D eigenvalue weighted by atomic mass is 35.5. The molecule has 0 spiro atoms. The van der Waals surface area contributed by atoms with E-state index in [-0.39, 0.29) is 17.4 Å². The van der Waals surface area contributed by atoms with Crippen molar-refractivity contribution in [1.29, 1.82) is 5.26 Å². The van der Waals surface area contributed by atoms with Crippen LogP contribution < -0.4 is 4.74 Å². The van der Waals surface area contributed by atoms with Crippen LogP contribution in [0.25, 0.3) is 0 Å². The molecule has 1 fully saturated rings. The largest absolute Gasteiger partial charge is 0.487 e. The van der Waals surface area contributed by atoms with E-state index in [1.54, 1.807) is 6.07 Å². The van der Waals surface area contributed by atoms with Crippen LogP contribution in [0.15, 0.2) is 18.2 Å². The predicted molar refractivity (Wildman–Crippen MR) is 86.8 cm³/mol. The van der Waals surface area contributed by atoms with Gasteiger partial charge in [-0.1, -0.05) is 50.0 Å². The first-order valence-corrected chi connectivity index (χ1v) is 8.09. The van der Waals surface area contributed by atoms with Gasteiger partial charge in [-0.15, -0.1) is 0 Å². The van der Waals surface area contributed by atoms with Crippen molar-refractivity contribution in [2.45, 2.75) is 46.1 Å². The van der Waals surface area contributed by atoms with E-state index in [4.69, 9.17) is 27.9 Å². The van der Waals surface area contributed by atoms with Gasteiger partial charge < -0.3 is 4.74 Å². The topological polar surface area (TPSA) is 33.0 Å². The molecule has 1 aliphatic rings. The van der Waals surface area contributed by atoms with Gasteiger partial charge in [0.1, 0.15) is 16.9 Å². The van der Waals surface area contributed by atoms with Crippen molar-refractivity contribution in [2.24, 2.45) is 17.3 Å². The minimum absolute atomic E-state index is 0.0846. The van der Waals surface area contributed by atoms with Gasteiger partial charge in [-0.2, -0.15) is 5.26 Å². The zero-order valence-corrected chi connectivity index (χ0v) is 14.2. The Hall–Kier alpha value is -0.910. The van der Waals surface area contributed by atoms with Crippen LogP contribution in [0.1, 0.15) is 40.0 Å². The van der Waals surface area contributed by atoms with Crippen molar-refractivity contribution >= 4 is 23.2 Å². The highest BCUT2D eigenvalue weighted by molar-refractivity contribution is 6.42. The first kappa shape index (κ1) is 16.5. The van der Waals surface area contributed by atoms with E-state index in [2.05, 4.69) is 26.8 Å². The minimum Gasteiger partial charge on any atom is -0.487 e. The SMILES string of the molecule is CC(C)(C)C1CCC(C#N)C(Oc2cccc(Cl)c2Cl)C1. The number of halogens is 2. The third-order valence-electron chi connectivity index (χ3n) is 4.38. The average Bonchev–Trinajstić information content (AvgIpc) is 2.43. The number of nitriles is 1. The molecule has 2 rings (SSSR count). The Morgan fingerprint density at radius 2 is 1.95 bits per heavy atom. The van der Waals surface area contributed by atoms with Crippen LogP contribution in [0.3, 0.4) is 0 Å². The molecule has 1 aliphatic carbocycles. The molecule has 3 unspecified atom stereocenters. The highest BCUT2D eigenvalue weighted by Crippen LogP contribution is 2.42. The summed E-state index contributed by atoms with van der Waals surface area (Å²) in [4.78, 5) is 0. The van der Waals surface area contributed by atoms with Crippen LogP contribution in [-0.2, 0) is 0 Å². The third kappa shape index (κ3) is 3.84. The Balaban J connectivity index is 2.19. The molecule has 1 aromatic rings. The smallest absolute Gasteiger partial charge is 0.139 e. The lowest BCUT2D eigenvalue weighted by molar-refractivity contribution is 0.0494. The van der Waals surface area contributed by atoms with E-state index in [0.29, 0.717) is 21.7 Å². The van der Waals surface area contributed by atoms with Crippen LogP contribution in [0.5, 0.6) is 5.75 Å². The van der Waals surface area contributed by atoms with Crippen LogP contribution in [0.4, 0.5) is 0 Å². The number of benzene rings is 1. The molecular formula is C17H21Cl2NO. The maximum Gasteiger partial charge on any atom is 0.139 e. The summed E-state index contributed by atoms with van der Waals surface area (Å²) in [6, 6.07) is 7.74. The van der Waals surface area contributed by atoms with Crippen molar-refractivity contribution in [3.8, 4) is 11.8 Å². The van der Waals surface area contributed by atoms with Crippen LogP contribution in [0, 0.1) is 28.6 Å². The Morgan fingerprint density at radius 1 is 1.24 bits per heavy atom. The summed E-state index contributed by atoms with van der Waals surface area (Å²) in [5.74, 6) is 1.03. The van der Waals surface area contributed by atoms with E-state index >= 15 is 0 Å². The second-order valence-electron chi connectivity index (χ2n) is 6.82. The Bertz CT molecular complexity index is 545. The van der Waals surface area contributed by atoms with Crippen molar-refractivity contribution in [3.05, 3.63) is 28.2 Å². The zero-order chi connectivity index (χ0) is 15.6. The fourth-order valence-corrected chi connectivity index (χ4v) is 3.27. The van der Waals surface area contributed by atoms with E-state index in [1.165, 1.54) is 0 Å². The summed E-state index contributed by atoms with van der Waals surface area (Å²) in [6.07, 6.45) is 2.71. The Labute approximate surface area is 137 Å². The summed E-state index contributed by atoms with van der Waals surface area (Å²) < 4.78 is 6.06. The lowest BCUT2D eigenvalue weighted by Gasteiger charge is -2.39. The first-order chi connectivity index (χ1) is 9.82. The summed E-state index contributed by atoms with van der Waals surface area (Å²) >= 11 is 12.2. The summed E-state index contributed by atoms with van der Waals surface area (Å²) in [6.45, 7) is 6.73. The minimum atomic E-state index is -0.121. The molecule has 0 aromatic heterocycles. The van der Waals surface area contributed by atoms with Gasteiger partial charge in [0, 0.05) is 0 Å². The molecular weight excluding hydrogens is 305 g/mol. The fraction of sp³-hybridized carbons (Fsp3) is 0.588. The number of rotatable bonds is 2. The number of ether oxygens (including phenoxy) is 1. The Morgan fingerprint density at radius 3 is 2.57 bits per heavy atom. The maximum atomic E-state index is 9.36. The molecule has 0 radical (unpaired) electrons. The molecule has 1 aromatic carbocycles. The van der Waals surface area contributed by atoms with Gasteiger partial charge >= 0.3 is 0 Å². The van der Waals surface area contributed by atoms with Crippen LogP contribution >= 0.6 is 23.2 Å². The molecule has 0 N–H and O–H groups in total. The van der Waals surface area contributed by atoms with E-state index in [0.717, 1.165) is 19.3 Å². The number of nitrogens with zero attached hydrogens (tertiary/aromatic N) is 1. The van der Waals surface area contributed by atoms with Gasteiger partial charge in [-0.25, -0.2) is 0 Å². The molecule has 0 bridgehead atoms. The average molecular weight is 326 g/mol. The second kappa shape index (κ2) is 6.46. The molecule has 114 valence electrons. The monoisotopic (exact) mass is 325 g/mol. The lowest BCUT2D eigenvalue weighted by Crippen LogP contribution is -2.37. The van der Waals surface area contributed by atoms with Gasteiger partial charge in [0.15, 0.2) is 0 Å². The quantitative estimate of drug-likeness (QED) is 0.695. The summed E-state index contributed by atoms with van der Waals surface area (Å²) in [5.41, 5.74) is 0.222. The Kier molecular flexibility index (Phi) is 5.07. The van der Waals surface area contributed by atoms with Crippen LogP contribution in [-0.4, -0.2) is 6.10 Å². The maximum absolute atomic E-state index is 9.36. The van der Waals surface area contributed by atoms with Crippen molar-refractivity contribution < 1.29 is 4.74 Å². The third-order valence-corrected chi connectivity index (χ3v) is 5.18. The molecule has 0 aliphatic heterocycles. The lowest BCUT2D eigenvalue weighted by atomic mass is 9.69.